The van der Waals surface area contributed by atoms with Gasteiger partial charge < -0.3 is 5.11 Å². The van der Waals surface area contributed by atoms with Gasteiger partial charge in [-0.15, -0.1) is 0 Å². The van der Waals surface area contributed by atoms with Gasteiger partial charge >= 0.3 is 0 Å². The topological polar surface area (TPSA) is 20.2 Å². The average Bonchev–Trinajstić information content (AvgIpc) is 2.03. The Morgan fingerprint density at radius 1 is 1.58 bits per heavy atom. The Bertz CT molecular complexity index is 275. The second-order valence-electron chi connectivity index (χ2n) is 2.59. The van der Waals surface area contributed by atoms with E-state index in [1.807, 2.05) is 13.0 Å². The van der Waals surface area contributed by atoms with Crippen LogP contribution in [0.4, 0.5) is 0 Å². The molecule has 0 fully saturated rings. The molecule has 1 aromatic rings. The third kappa shape index (κ3) is 2.22. The Balaban J connectivity index is 3.01. The third-order valence-electron chi connectivity index (χ3n) is 1.71. The van der Waals surface area contributed by atoms with Gasteiger partial charge in [-0.05, 0) is 24.1 Å². The van der Waals surface area contributed by atoms with Crippen LogP contribution in [0.5, 0.6) is 0 Å². The second-order valence-corrected chi connectivity index (χ2v) is 3.88. The number of halogens is 2. The lowest BCUT2D eigenvalue weighted by molar-refractivity contribution is 0.173. The largest absolute Gasteiger partial charge is 0.388 e. The van der Waals surface area contributed by atoms with Gasteiger partial charge in [-0.2, -0.15) is 0 Å². The fourth-order valence-electron chi connectivity index (χ4n) is 0.992. The minimum atomic E-state index is -0.406. The number of rotatable bonds is 2. The summed E-state index contributed by atoms with van der Waals surface area (Å²) in [5, 5.41) is 10.2. The summed E-state index contributed by atoms with van der Waals surface area (Å²) in [4.78, 5) is 0. The standard InChI is InChI=1S/C9H10BrClO/c1-2-9(12)7-4-3-6(11)5-8(7)10/h3-5,9,12H,2H2,1H3/t9-/m1/s1. The van der Waals surface area contributed by atoms with Crippen LogP contribution in [-0.4, -0.2) is 5.11 Å². The summed E-state index contributed by atoms with van der Waals surface area (Å²) in [5.74, 6) is 0. The first kappa shape index (κ1) is 10.0. The van der Waals surface area contributed by atoms with Crippen molar-refractivity contribution < 1.29 is 5.11 Å². The van der Waals surface area contributed by atoms with Crippen molar-refractivity contribution in [2.45, 2.75) is 19.4 Å². The number of aliphatic hydroxyl groups is 1. The van der Waals surface area contributed by atoms with Gasteiger partial charge in [0.15, 0.2) is 0 Å². The smallest absolute Gasteiger partial charge is 0.0798 e. The quantitative estimate of drug-likeness (QED) is 0.850. The monoisotopic (exact) mass is 248 g/mol. The predicted molar refractivity (Wildman–Crippen MR) is 54.4 cm³/mol. The van der Waals surface area contributed by atoms with Crippen LogP contribution in [0, 0.1) is 0 Å². The molecule has 0 aromatic heterocycles. The highest BCUT2D eigenvalue weighted by molar-refractivity contribution is 9.10. The molecule has 0 saturated carbocycles. The predicted octanol–water partition coefficient (Wildman–Crippen LogP) is 3.55. The average molecular weight is 250 g/mol. The number of hydrogen-bond donors (Lipinski definition) is 1. The van der Waals surface area contributed by atoms with Crippen LogP contribution in [-0.2, 0) is 0 Å². The van der Waals surface area contributed by atoms with Gasteiger partial charge in [-0.3, -0.25) is 0 Å². The molecule has 1 atom stereocenters. The normalized spacial score (nSPS) is 13.0. The first-order valence-electron chi connectivity index (χ1n) is 3.78. The van der Waals surface area contributed by atoms with Gasteiger partial charge in [0, 0.05) is 9.50 Å². The zero-order valence-electron chi connectivity index (χ0n) is 6.72. The number of hydrogen-bond acceptors (Lipinski definition) is 1. The van der Waals surface area contributed by atoms with Crippen LogP contribution in [0.15, 0.2) is 22.7 Å². The maximum Gasteiger partial charge on any atom is 0.0798 e. The zero-order valence-corrected chi connectivity index (χ0v) is 9.06. The van der Waals surface area contributed by atoms with Crippen molar-refractivity contribution >= 4 is 27.5 Å². The molecular formula is C9H10BrClO. The maximum atomic E-state index is 9.53. The van der Waals surface area contributed by atoms with Gasteiger partial charge in [0.25, 0.3) is 0 Å². The highest BCUT2D eigenvalue weighted by atomic mass is 79.9. The van der Waals surface area contributed by atoms with Crippen LogP contribution in [0.1, 0.15) is 25.0 Å². The third-order valence-corrected chi connectivity index (χ3v) is 2.63. The summed E-state index contributed by atoms with van der Waals surface area (Å²) in [6.07, 6.45) is 0.303. The number of benzene rings is 1. The Morgan fingerprint density at radius 2 is 2.25 bits per heavy atom. The lowest BCUT2D eigenvalue weighted by atomic mass is 10.1. The van der Waals surface area contributed by atoms with Crippen LogP contribution in [0.2, 0.25) is 5.02 Å². The molecule has 0 unspecified atom stereocenters. The van der Waals surface area contributed by atoms with Crippen LogP contribution in [0.25, 0.3) is 0 Å². The van der Waals surface area contributed by atoms with E-state index in [0.29, 0.717) is 11.4 Å². The van der Waals surface area contributed by atoms with Crippen LogP contribution >= 0.6 is 27.5 Å². The van der Waals surface area contributed by atoms with Gasteiger partial charge in [0.1, 0.15) is 0 Å². The molecule has 0 amide bonds. The van der Waals surface area contributed by atoms with E-state index in [0.717, 1.165) is 10.0 Å². The first-order chi connectivity index (χ1) is 5.65. The molecule has 12 heavy (non-hydrogen) atoms. The van der Waals surface area contributed by atoms with E-state index in [1.165, 1.54) is 0 Å². The molecule has 0 aliphatic rings. The van der Waals surface area contributed by atoms with E-state index in [9.17, 15) is 5.11 Å². The molecule has 0 saturated heterocycles. The summed E-state index contributed by atoms with van der Waals surface area (Å²) in [5.41, 5.74) is 0.891. The van der Waals surface area contributed by atoms with E-state index in [4.69, 9.17) is 11.6 Å². The molecular weight excluding hydrogens is 239 g/mol. The molecule has 1 N–H and O–H groups in total. The molecule has 0 aliphatic heterocycles. The molecule has 1 rings (SSSR count). The summed E-state index contributed by atoms with van der Waals surface area (Å²) in [6.45, 7) is 1.94. The molecule has 0 aliphatic carbocycles. The Labute approximate surface area is 85.5 Å². The molecule has 66 valence electrons. The highest BCUT2D eigenvalue weighted by Gasteiger charge is 2.08. The van der Waals surface area contributed by atoms with Gasteiger partial charge in [0.2, 0.25) is 0 Å². The SMILES string of the molecule is CC[C@@H](O)c1ccc(Cl)cc1Br. The lowest BCUT2D eigenvalue weighted by Gasteiger charge is -2.09. The van der Waals surface area contributed by atoms with Crippen molar-refractivity contribution in [3.8, 4) is 0 Å². The fraction of sp³-hybridized carbons (Fsp3) is 0.333. The minimum Gasteiger partial charge on any atom is -0.388 e. The second kappa shape index (κ2) is 4.26. The molecule has 0 spiro atoms. The van der Waals surface area contributed by atoms with E-state index in [1.54, 1.807) is 12.1 Å². The first-order valence-corrected chi connectivity index (χ1v) is 4.95. The van der Waals surface area contributed by atoms with Crippen molar-refractivity contribution in [1.29, 1.82) is 0 Å². The minimum absolute atomic E-state index is 0.406. The highest BCUT2D eigenvalue weighted by Crippen LogP contribution is 2.27. The number of aliphatic hydroxyl groups excluding tert-OH is 1. The maximum absolute atomic E-state index is 9.53. The summed E-state index contributed by atoms with van der Waals surface area (Å²) in [7, 11) is 0. The molecule has 3 heteroatoms. The van der Waals surface area contributed by atoms with E-state index in [-0.39, 0.29) is 0 Å². The molecule has 0 bridgehead atoms. The Hall–Kier alpha value is -0.0500. The molecule has 0 heterocycles. The molecule has 1 aromatic carbocycles. The van der Waals surface area contributed by atoms with Crippen LogP contribution < -0.4 is 0 Å². The zero-order chi connectivity index (χ0) is 9.14. The van der Waals surface area contributed by atoms with E-state index >= 15 is 0 Å². The van der Waals surface area contributed by atoms with Crippen LogP contribution in [0.3, 0.4) is 0 Å². The lowest BCUT2D eigenvalue weighted by Crippen LogP contribution is -1.95. The van der Waals surface area contributed by atoms with Gasteiger partial charge in [-0.1, -0.05) is 40.5 Å². The Kier molecular flexibility index (Phi) is 3.56. The van der Waals surface area contributed by atoms with Crippen molar-refractivity contribution in [2.24, 2.45) is 0 Å². The summed E-state index contributed by atoms with van der Waals surface area (Å²) in [6, 6.07) is 5.40. The van der Waals surface area contributed by atoms with Crippen molar-refractivity contribution in [3.63, 3.8) is 0 Å². The van der Waals surface area contributed by atoms with Gasteiger partial charge in [-0.25, -0.2) is 0 Å². The van der Waals surface area contributed by atoms with Crippen molar-refractivity contribution in [1.82, 2.24) is 0 Å². The fourth-order valence-corrected chi connectivity index (χ4v) is 1.94. The van der Waals surface area contributed by atoms with E-state index < -0.39 is 6.10 Å². The molecule has 1 nitrogen and oxygen atoms in total. The van der Waals surface area contributed by atoms with Gasteiger partial charge in [0.05, 0.1) is 6.10 Å². The van der Waals surface area contributed by atoms with Crippen molar-refractivity contribution in [2.75, 3.05) is 0 Å². The van der Waals surface area contributed by atoms with Crippen molar-refractivity contribution in [3.05, 3.63) is 33.3 Å². The summed E-state index contributed by atoms with van der Waals surface area (Å²) >= 11 is 9.10. The molecule has 0 radical (unpaired) electrons. The summed E-state index contributed by atoms with van der Waals surface area (Å²) < 4.78 is 0.865. The Morgan fingerprint density at radius 3 is 2.75 bits per heavy atom. The van der Waals surface area contributed by atoms with E-state index in [2.05, 4.69) is 15.9 Å².